The van der Waals surface area contributed by atoms with E-state index in [0.717, 1.165) is 11.3 Å². The van der Waals surface area contributed by atoms with Gasteiger partial charge in [-0.25, -0.2) is 0 Å². The lowest BCUT2D eigenvalue weighted by Crippen LogP contribution is -2.12. The van der Waals surface area contributed by atoms with Gasteiger partial charge >= 0.3 is 0 Å². The number of ketones is 1. The maximum atomic E-state index is 12.1. The van der Waals surface area contributed by atoms with Crippen LogP contribution in [0.2, 0.25) is 0 Å². The molecule has 0 N–H and O–H groups in total. The molecule has 0 aliphatic carbocycles. The normalized spacial score (nSPS) is 10.4. The Labute approximate surface area is 120 Å². The highest BCUT2D eigenvalue weighted by Gasteiger charge is 2.08. The number of carbonyl (C=O) groups excluding carboxylic acids is 1. The van der Waals surface area contributed by atoms with Crippen molar-refractivity contribution in [1.29, 1.82) is 0 Å². The third-order valence-corrected chi connectivity index (χ3v) is 3.68. The summed E-state index contributed by atoms with van der Waals surface area (Å²) in [6.45, 7) is 8.21. The van der Waals surface area contributed by atoms with Crippen molar-refractivity contribution in [2.45, 2.75) is 27.7 Å². The number of hydrogen-bond donors (Lipinski definition) is 0. The van der Waals surface area contributed by atoms with E-state index in [1.54, 1.807) is 0 Å². The summed E-state index contributed by atoms with van der Waals surface area (Å²) in [4.78, 5) is 12.1. The molecule has 2 rings (SSSR count). The first-order valence-corrected chi connectivity index (χ1v) is 6.78. The number of hydrogen-bond acceptors (Lipinski definition) is 2. The number of carbonyl (C=O) groups is 1. The zero-order valence-corrected chi connectivity index (χ0v) is 12.5. The lowest BCUT2D eigenvalue weighted by atomic mass is 10.0. The molecule has 2 heteroatoms. The van der Waals surface area contributed by atoms with Gasteiger partial charge in [0.05, 0.1) is 0 Å². The maximum absolute atomic E-state index is 12.1. The third kappa shape index (κ3) is 3.27. The van der Waals surface area contributed by atoms with Crippen molar-refractivity contribution in [2.24, 2.45) is 0 Å². The summed E-state index contributed by atoms with van der Waals surface area (Å²) in [6, 6.07) is 11.6. The van der Waals surface area contributed by atoms with E-state index < -0.39 is 0 Å². The van der Waals surface area contributed by atoms with Gasteiger partial charge in [0, 0.05) is 5.56 Å². The summed E-state index contributed by atoms with van der Waals surface area (Å²) in [6.07, 6.45) is 0. The zero-order valence-electron chi connectivity index (χ0n) is 12.5. The second-order valence-electron chi connectivity index (χ2n) is 5.26. The molecule has 0 saturated carbocycles. The lowest BCUT2D eigenvalue weighted by molar-refractivity contribution is 0.0921. The van der Waals surface area contributed by atoms with Crippen LogP contribution in [0.5, 0.6) is 5.75 Å². The van der Waals surface area contributed by atoms with Crippen LogP contribution in [0.1, 0.15) is 32.6 Å². The van der Waals surface area contributed by atoms with Gasteiger partial charge in [-0.15, -0.1) is 0 Å². The molecule has 0 fully saturated rings. The Balaban J connectivity index is 2.04. The van der Waals surface area contributed by atoms with Gasteiger partial charge in [0.15, 0.2) is 12.4 Å². The summed E-state index contributed by atoms with van der Waals surface area (Å²) < 4.78 is 5.58. The Kier molecular flexibility index (Phi) is 4.23. The quantitative estimate of drug-likeness (QED) is 0.777. The van der Waals surface area contributed by atoms with Crippen molar-refractivity contribution in [1.82, 2.24) is 0 Å². The Morgan fingerprint density at radius 3 is 2.05 bits per heavy atom. The van der Waals surface area contributed by atoms with Crippen LogP contribution in [-0.2, 0) is 0 Å². The minimum Gasteiger partial charge on any atom is -0.485 e. The second kappa shape index (κ2) is 5.91. The highest BCUT2D eigenvalue weighted by molar-refractivity contribution is 5.97. The summed E-state index contributed by atoms with van der Waals surface area (Å²) >= 11 is 0. The lowest BCUT2D eigenvalue weighted by Gasteiger charge is -2.08. The molecule has 2 aromatic rings. The number of aryl methyl sites for hydroxylation is 4. The Morgan fingerprint density at radius 2 is 1.45 bits per heavy atom. The number of rotatable bonds is 4. The SMILES string of the molecule is Cc1ccc(OCC(=O)c2ccc(C)c(C)c2)cc1C. The standard InChI is InChI=1S/C18H20O2/c1-12-5-7-16(9-14(12)3)18(19)11-20-17-8-6-13(2)15(4)10-17/h5-10H,11H2,1-4H3. The molecule has 0 saturated heterocycles. The predicted molar refractivity (Wildman–Crippen MR) is 81.7 cm³/mol. The maximum Gasteiger partial charge on any atom is 0.200 e. The summed E-state index contributed by atoms with van der Waals surface area (Å²) in [7, 11) is 0. The van der Waals surface area contributed by atoms with Gasteiger partial charge in [0.25, 0.3) is 0 Å². The molecule has 0 aliphatic rings. The van der Waals surface area contributed by atoms with Crippen LogP contribution in [0.3, 0.4) is 0 Å². The molecule has 0 aromatic heterocycles. The van der Waals surface area contributed by atoms with Crippen molar-refractivity contribution >= 4 is 5.78 Å². The van der Waals surface area contributed by atoms with Crippen molar-refractivity contribution in [2.75, 3.05) is 6.61 Å². The predicted octanol–water partition coefficient (Wildman–Crippen LogP) is 4.18. The second-order valence-corrected chi connectivity index (χ2v) is 5.26. The Bertz CT molecular complexity index is 642. The van der Waals surface area contributed by atoms with Gasteiger partial charge in [-0.2, -0.15) is 0 Å². The summed E-state index contributed by atoms with van der Waals surface area (Å²) in [5.74, 6) is 0.747. The number of ether oxygens (including phenoxy) is 1. The van der Waals surface area contributed by atoms with Crippen molar-refractivity contribution in [3.63, 3.8) is 0 Å². The van der Waals surface area contributed by atoms with Gasteiger partial charge in [0.1, 0.15) is 5.75 Å². The molecular formula is C18H20O2. The minimum atomic E-state index is 0.00586. The van der Waals surface area contributed by atoms with E-state index in [9.17, 15) is 4.79 Å². The van der Waals surface area contributed by atoms with Gasteiger partial charge < -0.3 is 4.74 Å². The molecule has 0 bridgehead atoms. The van der Waals surface area contributed by atoms with Crippen LogP contribution in [0.25, 0.3) is 0 Å². The summed E-state index contributed by atoms with van der Waals surface area (Å²) in [5, 5.41) is 0. The minimum absolute atomic E-state index is 0.00586. The largest absolute Gasteiger partial charge is 0.485 e. The van der Waals surface area contributed by atoms with Crippen LogP contribution in [0, 0.1) is 27.7 Å². The smallest absolute Gasteiger partial charge is 0.200 e. The fourth-order valence-electron chi connectivity index (χ4n) is 1.95. The van der Waals surface area contributed by atoms with E-state index >= 15 is 0 Å². The van der Waals surface area contributed by atoms with Crippen LogP contribution < -0.4 is 4.74 Å². The van der Waals surface area contributed by atoms with Crippen molar-refractivity contribution < 1.29 is 9.53 Å². The first-order chi connectivity index (χ1) is 9.47. The fourth-order valence-corrected chi connectivity index (χ4v) is 1.95. The van der Waals surface area contributed by atoms with Crippen LogP contribution >= 0.6 is 0 Å². The highest BCUT2D eigenvalue weighted by atomic mass is 16.5. The molecule has 0 amide bonds. The average Bonchev–Trinajstić information content (AvgIpc) is 2.43. The third-order valence-electron chi connectivity index (χ3n) is 3.68. The molecule has 0 aliphatic heterocycles. The van der Waals surface area contributed by atoms with Crippen LogP contribution in [0.4, 0.5) is 0 Å². The van der Waals surface area contributed by atoms with E-state index in [1.807, 2.05) is 57.2 Å². The molecule has 0 unspecified atom stereocenters. The average molecular weight is 268 g/mol. The molecule has 0 atom stereocenters. The van der Waals surface area contributed by atoms with Gasteiger partial charge in [-0.3, -0.25) is 4.79 Å². The van der Waals surface area contributed by atoms with Crippen molar-refractivity contribution in [3.8, 4) is 5.75 Å². The van der Waals surface area contributed by atoms with E-state index in [-0.39, 0.29) is 12.4 Å². The van der Waals surface area contributed by atoms with Crippen LogP contribution in [-0.4, -0.2) is 12.4 Å². The topological polar surface area (TPSA) is 26.3 Å². The zero-order chi connectivity index (χ0) is 14.7. The van der Waals surface area contributed by atoms with E-state index in [2.05, 4.69) is 6.92 Å². The first-order valence-electron chi connectivity index (χ1n) is 6.78. The molecule has 0 heterocycles. The Morgan fingerprint density at radius 1 is 0.850 bits per heavy atom. The van der Waals surface area contributed by atoms with Gasteiger partial charge in [0.2, 0.25) is 0 Å². The van der Waals surface area contributed by atoms with Gasteiger partial charge in [-0.1, -0.05) is 18.2 Å². The fraction of sp³-hybridized carbons (Fsp3) is 0.278. The van der Waals surface area contributed by atoms with Crippen LogP contribution in [0.15, 0.2) is 36.4 Å². The Hall–Kier alpha value is -2.09. The first kappa shape index (κ1) is 14.3. The molecule has 2 nitrogen and oxygen atoms in total. The summed E-state index contributed by atoms with van der Waals surface area (Å²) in [5.41, 5.74) is 5.41. The highest BCUT2D eigenvalue weighted by Crippen LogP contribution is 2.17. The monoisotopic (exact) mass is 268 g/mol. The molecular weight excluding hydrogens is 248 g/mol. The molecule has 2 aromatic carbocycles. The molecule has 20 heavy (non-hydrogen) atoms. The molecule has 0 radical (unpaired) electrons. The number of benzene rings is 2. The van der Waals surface area contributed by atoms with E-state index in [0.29, 0.717) is 5.56 Å². The van der Waals surface area contributed by atoms with Gasteiger partial charge in [-0.05, 0) is 68.1 Å². The molecule has 104 valence electrons. The van der Waals surface area contributed by atoms with E-state index in [4.69, 9.17) is 4.74 Å². The number of Topliss-reactive ketones (excluding diaryl/α,β-unsaturated/α-hetero) is 1. The molecule has 0 spiro atoms. The van der Waals surface area contributed by atoms with E-state index in [1.165, 1.54) is 16.7 Å². The van der Waals surface area contributed by atoms with Crippen molar-refractivity contribution in [3.05, 3.63) is 64.2 Å².